The molecule has 0 spiro atoms. The van der Waals surface area contributed by atoms with E-state index >= 15 is 0 Å². The summed E-state index contributed by atoms with van der Waals surface area (Å²) in [4.78, 5) is 46.3. The molecule has 0 aliphatic heterocycles. The molecule has 5 N–H and O–H groups in total. The molecule has 1 unspecified atom stereocenters. The van der Waals surface area contributed by atoms with Gasteiger partial charge in [-0.05, 0) is 19.9 Å². The third-order valence-corrected chi connectivity index (χ3v) is 3.92. The van der Waals surface area contributed by atoms with Gasteiger partial charge in [-0.2, -0.15) is 0 Å². The average molecular weight is 386 g/mol. The lowest BCUT2D eigenvalue weighted by atomic mass is 10.1. The Labute approximate surface area is 161 Å². The van der Waals surface area contributed by atoms with Gasteiger partial charge in [0.15, 0.2) is 0 Å². The quantitative estimate of drug-likeness (QED) is 0.241. The van der Waals surface area contributed by atoms with Crippen molar-refractivity contribution in [2.24, 2.45) is 0 Å². The van der Waals surface area contributed by atoms with Crippen molar-refractivity contribution in [3.05, 3.63) is 0 Å². The Bertz CT molecular complexity index is 471. The minimum Gasteiger partial charge on any atom is -0.354 e. The molecule has 0 aromatic rings. The number of carbonyl (C=O) groups is 4. The monoisotopic (exact) mass is 385 g/mol. The van der Waals surface area contributed by atoms with Crippen molar-refractivity contribution < 1.29 is 19.2 Å². The first kappa shape index (κ1) is 24.8. The minimum atomic E-state index is -0.454. The van der Waals surface area contributed by atoms with Gasteiger partial charge in [-0.15, -0.1) is 0 Å². The van der Waals surface area contributed by atoms with Crippen molar-refractivity contribution in [3.63, 3.8) is 0 Å². The molecule has 1 atom stereocenters. The first-order valence-electron chi connectivity index (χ1n) is 9.66. The highest BCUT2D eigenvalue weighted by molar-refractivity contribution is 5.88. The summed E-state index contributed by atoms with van der Waals surface area (Å²) in [5.74, 6) is -1.23. The Balaban J connectivity index is 3.84. The largest absolute Gasteiger partial charge is 0.354 e. The van der Waals surface area contributed by atoms with Crippen molar-refractivity contribution in [2.45, 2.75) is 58.4 Å². The van der Waals surface area contributed by atoms with Crippen LogP contribution in [0, 0.1) is 0 Å². The van der Waals surface area contributed by atoms with Gasteiger partial charge in [0.05, 0.1) is 19.6 Å². The molecular formula is C18H35N5O4. The average Bonchev–Trinajstić information content (AvgIpc) is 2.64. The van der Waals surface area contributed by atoms with E-state index in [0.29, 0.717) is 0 Å². The molecule has 0 aromatic carbocycles. The second-order valence-electron chi connectivity index (χ2n) is 6.35. The Kier molecular flexibility index (Phi) is 14.8. The Hall–Kier alpha value is -2.16. The molecule has 9 nitrogen and oxygen atoms in total. The predicted molar refractivity (Wildman–Crippen MR) is 104 cm³/mol. The standard InChI is InChI=1S/C18H35N5O4/c1-4-6-7-8-14(5-2)23-15(24)9-10-20-17(26)12-22-18(27)13-21-16(25)11-19-3/h14,19H,4-13H2,1-3H3,(H,20,26)(H,21,25)(H,22,27)(H,23,24). The number of unbranched alkanes of at least 4 members (excludes halogenated alkanes) is 2. The van der Waals surface area contributed by atoms with Crippen molar-refractivity contribution in [3.8, 4) is 0 Å². The van der Waals surface area contributed by atoms with Gasteiger partial charge in [-0.3, -0.25) is 19.2 Å². The van der Waals surface area contributed by atoms with Crippen LogP contribution < -0.4 is 26.6 Å². The van der Waals surface area contributed by atoms with E-state index in [9.17, 15) is 19.2 Å². The van der Waals surface area contributed by atoms with Crippen molar-refractivity contribution in [2.75, 3.05) is 33.2 Å². The molecule has 156 valence electrons. The summed E-state index contributed by atoms with van der Waals surface area (Å²) in [6.07, 6.45) is 5.46. The molecule has 0 bridgehead atoms. The van der Waals surface area contributed by atoms with E-state index in [2.05, 4.69) is 33.5 Å². The molecule has 9 heteroatoms. The van der Waals surface area contributed by atoms with Crippen LogP contribution in [0.1, 0.15) is 52.4 Å². The second kappa shape index (κ2) is 16.0. The summed E-state index contributed by atoms with van der Waals surface area (Å²) < 4.78 is 0. The highest BCUT2D eigenvalue weighted by atomic mass is 16.2. The third-order valence-electron chi connectivity index (χ3n) is 3.92. The van der Waals surface area contributed by atoms with Crippen LogP contribution in [0.3, 0.4) is 0 Å². The van der Waals surface area contributed by atoms with E-state index in [0.717, 1.165) is 32.1 Å². The van der Waals surface area contributed by atoms with Crippen LogP contribution in [0.2, 0.25) is 0 Å². The zero-order valence-electron chi connectivity index (χ0n) is 16.8. The van der Waals surface area contributed by atoms with Gasteiger partial charge in [-0.25, -0.2) is 0 Å². The lowest BCUT2D eigenvalue weighted by Crippen LogP contribution is -2.44. The maximum Gasteiger partial charge on any atom is 0.239 e. The normalized spacial score (nSPS) is 11.4. The van der Waals surface area contributed by atoms with E-state index in [1.807, 2.05) is 6.92 Å². The molecule has 4 amide bonds. The summed E-state index contributed by atoms with van der Waals surface area (Å²) in [7, 11) is 1.62. The molecule has 0 radical (unpaired) electrons. The van der Waals surface area contributed by atoms with Crippen LogP contribution in [0.5, 0.6) is 0 Å². The van der Waals surface area contributed by atoms with E-state index in [4.69, 9.17) is 0 Å². The Morgan fingerprint density at radius 1 is 0.778 bits per heavy atom. The fourth-order valence-electron chi connectivity index (χ4n) is 2.34. The van der Waals surface area contributed by atoms with Gasteiger partial charge in [0.2, 0.25) is 23.6 Å². The van der Waals surface area contributed by atoms with Gasteiger partial charge >= 0.3 is 0 Å². The summed E-state index contributed by atoms with van der Waals surface area (Å²) in [5.41, 5.74) is 0. The molecule has 27 heavy (non-hydrogen) atoms. The molecule has 0 heterocycles. The van der Waals surface area contributed by atoms with Crippen LogP contribution in [0.25, 0.3) is 0 Å². The van der Waals surface area contributed by atoms with Gasteiger partial charge in [0.25, 0.3) is 0 Å². The number of carbonyl (C=O) groups excluding carboxylic acids is 4. The Morgan fingerprint density at radius 3 is 1.93 bits per heavy atom. The van der Waals surface area contributed by atoms with Gasteiger partial charge in [0.1, 0.15) is 0 Å². The van der Waals surface area contributed by atoms with Gasteiger partial charge in [0, 0.05) is 19.0 Å². The number of likely N-dealkylation sites (N-methyl/N-ethyl adjacent to an activating group) is 1. The van der Waals surface area contributed by atoms with Crippen LogP contribution in [-0.4, -0.2) is 62.9 Å². The molecule has 0 aliphatic carbocycles. The van der Waals surface area contributed by atoms with Crippen LogP contribution in [0.15, 0.2) is 0 Å². The number of hydrogen-bond donors (Lipinski definition) is 5. The molecule has 0 aliphatic rings. The molecular weight excluding hydrogens is 350 g/mol. The summed E-state index contributed by atoms with van der Waals surface area (Å²) in [6, 6.07) is 0.178. The zero-order chi connectivity index (χ0) is 20.5. The van der Waals surface area contributed by atoms with E-state index in [-0.39, 0.29) is 56.4 Å². The Morgan fingerprint density at radius 2 is 1.37 bits per heavy atom. The van der Waals surface area contributed by atoms with Crippen molar-refractivity contribution >= 4 is 23.6 Å². The fourth-order valence-corrected chi connectivity index (χ4v) is 2.34. The molecule has 0 aromatic heterocycles. The number of amides is 4. The molecule has 0 saturated heterocycles. The third kappa shape index (κ3) is 14.7. The number of rotatable bonds is 15. The number of hydrogen-bond acceptors (Lipinski definition) is 5. The first-order chi connectivity index (χ1) is 12.9. The van der Waals surface area contributed by atoms with Gasteiger partial charge < -0.3 is 26.6 Å². The summed E-state index contributed by atoms with van der Waals surface area (Å²) in [5, 5.41) is 13.0. The van der Waals surface area contributed by atoms with Crippen LogP contribution in [0.4, 0.5) is 0 Å². The molecule has 0 saturated carbocycles. The minimum absolute atomic E-state index is 0.0880. The highest BCUT2D eigenvalue weighted by Crippen LogP contribution is 2.06. The lowest BCUT2D eigenvalue weighted by Gasteiger charge is -2.17. The van der Waals surface area contributed by atoms with Crippen molar-refractivity contribution in [1.82, 2.24) is 26.6 Å². The predicted octanol–water partition coefficient (Wildman–Crippen LogP) is -0.580. The SMILES string of the molecule is CCCCCC(CC)NC(=O)CCNC(=O)CNC(=O)CNC(=O)CNC. The highest BCUT2D eigenvalue weighted by Gasteiger charge is 2.11. The maximum absolute atomic E-state index is 11.9. The maximum atomic E-state index is 11.9. The van der Waals surface area contributed by atoms with Crippen LogP contribution in [-0.2, 0) is 19.2 Å². The first-order valence-corrected chi connectivity index (χ1v) is 9.66. The van der Waals surface area contributed by atoms with Crippen molar-refractivity contribution in [1.29, 1.82) is 0 Å². The van der Waals surface area contributed by atoms with E-state index in [1.54, 1.807) is 7.05 Å². The summed E-state index contributed by atoms with van der Waals surface area (Å²) >= 11 is 0. The number of nitrogens with one attached hydrogen (secondary N) is 5. The summed E-state index contributed by atoms with van der Waals surface area (Å²) in [6.45, 7) is 4.13. The van der Waals surface area contributed by atoms with Crippen LogP contribution >= 0.6 is 0 Å². The molecule has 0 fully saturated rings. The lowest BCUT2D eigenvalue weighted by molar-refractivity contribution is -0.127. The van der Waals surface area contributed by atoms with E-state index < -0.39 is 5.91 Å². The second-order valence-corrected chi connectivity index (χ2v) is 6.35. The topological polar surface area (TPSA) is 128 Å². The molecule has 0 rings (SSSR count). The van der Waals surface area contributed by atoms with Gasteiger partial charge in [-0.1, -0.05) is 33.1 Å². The fraction of sp³-hybridized carbons (Fsp3) is 0.778. The zero-order valence-corrected chi connectivity index (χ0v) is 16.8. The van der Waals surface area contributed by atoms with E-state index in [1.165, 1.54) is 0 Å². The smallest absolute Gasteiger partial charge is 0.239 e.